The van der Waals surface area contributed by atoms with Crippen molar-refractivity contribution in [1.29, 1.82) is 0 Å². The van der Waals surface area contributed by atoms with Crippen molar-refractivity contribution in [3.8, 4) is 5.75 Å². The van der Waals surface area contributed by atoms with Gasteiger partial charge in [0.05, 0.1) is 11.1 Å². The highest BCUT2D eigenvalue weighted by Gasteiger charge is 2.21. The van der Waals surface area contributed by atoms with Gasteiger partial charge in [-0.25, -0.2) is 5.43 Å². The number of carbonyl (C=O) groups is 1. The molecule has 0 unspecified atom stereocenters. The van der Waals surface area contributed by atoms with Crippen LogP contribution in [-0.2, 0) is 10.1 Å². The summed E-state index contributed by atoms with van der Waals surface area (Å²) in [4.78, 5) is 22.6. The molecule has 0 bridgehead atoms. The maximum Gasteiger partial charge on any atom is 0.339 e. The maximum atomic E-state index is 12.7. The number of rotatable bonds is 7. The first-order valence-electron chi connectivity index (χ1n) is 10.0. The molecule has 0 atom stereocenters. The van der Waals surface area contributed by atoms with Gasteiger partial charge in [0.1, 0.15) is 4.90 Å². The molecule has 11 heteroatoms. The number of nitro benzene ring substituents is 1. The van der Waals surface area contributed by atoms with Crippen LogP contribution in [-0.4, -0.2) is 25.5 Å². The Bertz CT molecular complexity index is 1580. The van der Waals surface area contributed by atoms with Gasteiger partial charge < -0.3 is 4.18 Å². The normalized spacial score (nSPS) is 11.5. The van der Waals surface area contributed by atoms with E-state index in [4.69, 9.17) is 4.18 Å². The molecule has 1 amide bonds. The maximum absolute atomic E-state index is 12.7. The SMILES string of the molecule is O=C(N/N=C\c1cc(Br)ccc1OS(=O)(=O)c1cccc([N+](=O)[O-])c1)c1cccc2ccccc12. The summed E-state index contributed by atoms with van der Waals surface area (Å²) in [6.07, 6.45) is 1.24. The number of carbonyl (C=O) groups excluding carboxylic acids is 1. The van der Waals surface area contributed by atoms with E-state index in [1.165, 1.54) is 30.5 Å². The van der Waals surface area contributed by atoms with Gasteiger partial charge in [0.25, 0.3) is 11.6 Å². The number of fused-ring (bicyclic) bond motifs is 1. The van der Waals surface area contributed by atoms with E-state index in [1.807, 2.05) is 30.3 Å². The summed E-state index contributed by atoms with van der Waals surface area (Å²) in [6.45, 7) is 0. The Kier molecular flexibility index (Phi) is 6.90. The average molecular weight is 554 g/mol. The minimum absolute atomic E-state index is 0.0807. The summed E-state index contributed by atoms with van der Waals surface area (Å²) in [5, 5.41) is 16.6. The lowest BCUT2D eigenvalue weighted by atomic mass is 10.0. The van der Waals surface area contributed by atoms with E-state index in [2.05, 4.69) is 26.5 Å². The Morgan fingerprint density at radius 2 is 1.74 bits per heavy atom. The third-order valence-electron chi connectivity index (χ3n) is 4.89. The van der Waals surface area contributed by atoms with Crippen molar-refractivity contribution in [3.05, 3.63) is 111 Å². The number of benzene rings is 4. The van der Waals surface area contributed by atoms with Crippen LogP contribution >= 0.6 is 15.9 Å². The molecule has 0 radical (unpaired) electrons. The minimum Gasteiger partial charge on any atom is -0.378 e. The molecule has 0 saturated heterocycles. The van der Waals surface area contributed by atoms with Crippen LogP contribution in [0.5, 0.6) is 5.75 Å². The van der Waals surface area contributed by atoms with Crippen LogP contribution in [0.3, 0.4) is 0 Å². The zero-order chi connectivity index (χ0) is 25.0. The molecular weight excluding hydrogens is 538 g/mol. The number of hydrogen-bond donors (Lipinski definition) is 1. The molecule has 1 N–H and O–H groups in total. The molecule has 4 aromatic carbocycles. The first-order valence-corrected chi connectivity index (χ1v) is 12.2. The number of amides is 1. The van der Waals surface area contributed by atoms with Crippen LogP contribution in [0.4, 0.5) is 5.69 Å². The van der Waals surface area contributed by atoms with E-state index in [9.17, 15) is 23.3 Å². The van der Waals surface area contributed by atoms with Crippen LogP contribution < -0.4 is 9.61 Å². The first-order chi connectivity index (χ1) is 16.7. The second-order valence-electron chi connectivity index (χ2n) is 7.20. The highest BCUT2D eigenvalue weighted by Crippen LogP contribution is 2.27. The largest absolute Gasteiger partial charge is 0.378 e. The number of nitrogens with one attached hydrogen (secondary N) is 1. The average Bonchev–Trinajstić information content (AvgIpc) is 2.85. The second-order valence-corrected chi connectivity index (χ2v) is 9.66. The van der Waals surface area contributed by atoms with E-state index in [0.29, 0.717) is 10.0 Å². The second kappa shape index (κ2) is 10.0. The van der Waals surface area contributed by atoms with Crippen LogP contribution in [0.15, 0.2) is 99.4 Å². The molecule has 9 nitrogen and oxygen atoms in total. The molecule has 35 heavy (non-hydrogen) atoms. The number of non-ortho nitro benzene ring substituents is 1. The molecule has 0 fully saturated rings. The van der Waals surface area contributed by atoms with Crippen molar-refractivity contribution in [1.82, 2.24) is 5.43 Å². The Morgan fingerprint density at radius 1 is 1.00 bits per heavy atom. The Hall–Kier alpha value is -4.09. The lowest BCUT2D eigenvalue weighted by Crippen LogP contribution is -2.18. The van der Waals surface area contributed by atoms with Gasteiger partial charge in [-0.2, -0.15) is 13.5 Å². The van der Waals surface area contributed by atoms with E-state index in [-0.39, 0.29) is 21.9 Å². The summed E-state index contributed by atoms with van der Waals surface area (Å²) in [5.41, 5.74) is 2.72. The molecule has 0 spiro atoms. The summed E-state index contributed by atoms with van der Waals surface area (Å²) in [7, 11) is -4.38. The van der Waals surface area contributed by atoms with E-state index < -0.39 is 20.9 Å². The number of nitrogens with zero attached hydrogens (tertiary/aromatic N) is 2. The van der Waals surface area contributed by atoms with Crippen molar-refractivity contribution < 1.29 is 22.3 Å². The number of hydrazone groups is 1. The molecule has 0 aliphatic rings. The molecular formula is C24H16BrN3O6S. The topological polar surface area (TPSA) is 128 Å². The standard InChI is InChI=1S/C24H16BrN3O6S/c25-18-11-12-23(34-35(32,33)20-8-4-7-19(14-20)28(30)31)17(13-18)15-26-27-24(29)22-10-3-6-16-5-1-2-9-21(16)22/h1-15H,(H,27,29)/b26-15-. The van der Waals surface area contributed by atoms with Gasteiger partial charge >= 0.3 is 10.1 Å². The highest BCUT2D eigenvalue weighted by atomic mass is 79.9. The predicted molar refractivity (Wildman–Crippen MR) is 134 cm³/mol. The van der Waals surface area contributed by atoms with Crippen molar-refractivity contribution in [2.75, 3.05) is 0 Å². The van der Waals surface area contributed by atoms with Crippen LogP contribution in [0, 0.1) is 10.1 Å². The van der Waals surface area contributed by atoms with Gasteiger partial charge in [-0.05, 0) is 41.1 Å². The van der Waals surface area contributed by atoms with Gasteiger partial charge in [-0.3, -0.25) is 14.9 Å². The third kappa shape index (κ3) is 5.53. The fourth-order valence-electron chi connectivity index (χ4n) is 3.26. The van der Waals surface area contributed by atoms with Gasteiger partial charge in [-0.1, -0.05) is 58.4 Å². The smallest absolute Gasteiger partial charge is 0.339 e. The van der Waals surface area contributed by atoms with Gasteiger partial charge in [0.2, 0.25) is 0 Å². The van der Waals surface area contributed by atoms with E-state index in [1.54, 1.807) is 24.3 Å². The zero-order valence-electron chi connectivity index (χ0n) is 17.8. The fourth-order valence-corrected chi connectivity index (χ4v) is 4.63. The summed E-state index contributed by atoms with van der Waals surface area (Å²) in [5.74, 6) is -0.525. The number of hydrogen-bond acceptors (Lipinski definition) is 7. The van der Waals surface area contributed by atoms with Crippen molar-refractivity contribution in [2.45, 2.75) is 4.90 Å². The summed E-state index contributed by atoms with van der Waals surface area (Å²) in [6, 6.07) is 21.8. The van der Waals surface area contributed by atoms with Gasteiger partial charge in [-0.15, -0.1) is 0 Å². The molecule has 0 heterocycles. The Labute approximate surface area is 208 Å². The first kappa shape index (κ1) is 24.0. The molecule has 4 rings (SSSR count). The minimum atomic E-state index is -4.38. The summed E-state index contributed by atoms with van der Waals surface area (Å²) < 4.78 is 31.3. The van der Waals surface area contributed by atoms with Crippen molar-refractivity contribution in [3.63, 3.8) is 0 Å². The lowest BCUT2D eigenvalue weighted by molar-refractivity contribution is -0.385. The Balaban J connectivity index is 1.57. The van der Waals surface area contributed by atoms with Crippen molar-refractivity contribution >= 4 is 54.6 Å². The molecule has 0 saturated carbocycles. The monoisotopic (exact) mass is 553 g/mol. The van der Waals surface area contributed by atoms with E-state index >= 15 is 0 Å². The van der Waals surface area contributed by atoms with Crippen LogP contribution in [0.1, 0.15) is 15.9 Å². The third-order valence-corrected chi connectivity index (χ3v) is 6.62. The molecule has 0 aliphatic heterocycles. The fraction of sp³-hybridized carbons (Fsp3) is 0. The predicted octanol–water partition coefficient (Wildman–Crippen LogP) is 5.04. The molecule has 4 aromatic rings. The van der Waals surface area contributed by atoms with Crippen LogP contribution in [0.2, 0.25) is 0 Å². The van der Waals surface area contributed by atoms with Gasteiger partial charge in [0.15, 0.2) is 5.75 Å². The number of nitro groups is 1. The van der Waals surface area contributed by atoms with Crippen molar-refractivity contribution in [2.24, 2.45) is 5.10 Å². The van der Waals surface area contributed by atoms with Crippen LogP contribution in [0.25, 0.3) is 10.8 Å². The molecule has 176 valence electrons. The highest BCUT2D eigenvalue weighted by molar-refractivity contribution is 9.10. The van der Waals surface area contributed by atoms with Gasteiger partial charge in [0, 0.05) is 27.7 Å². The number of halogens is 1. The summed E-state index contributed by atoms with van der Waals surface area (Å²) >= 11 is 3.30. The lowest BCUT2D eigenvalue weighted by Gasteiger charge is -2.10. The zero-order valence-corrected chi connectivity index (χ0v) is 20.2. The van der Waals surface area contributed by atoms with E-state index in [0.717, 1.165) is 16.8 Å². The molecule has 0 aliphatic carbocycles. The molecule has 0 aromatic heterocycles. The Morgan fingerprint density at radius 3 is 2.54 bits per heavy atom. The quantitative estimate of drug-likeness (QED) is 0.148.